The summed E-state index contributed by atoms with van der Waals surface area (Å²) in [6, 6.07) is 17.0. The van der Waals surface area contributed by atoms with E-state index in [1.165, 1.54) is 0 Å². The molecule has 2 aromatic carbocycles. The topological polar surface area (TPSA) is 93.5 Å². The van der Waals surface area contributed by atoms with Gasteiger partial charge in [-0.05, 0) is 44.5 Å². The summed E-state index contributed by atoms with van der Waals surface area (Å²) in [5.74, 6) is 0.289. The van der Waals surface area contributed by atoms with Crippen LogP contribution in [0.5, 0.6) is 5.75 Å². The van der Waals surface area contributed by atoms with Crippen LogP contribution in [0.25, 0.3) is 11.0 Å². The van der Waals surface area contributed by atoms with Crippen molar-refractivity contribution in [3.05, 3.63) is 60.4 Å². The number of carboxylic acids is 1. The minimum absolute atomic E-state index is 0.00253. The van der Waals surface area contributed by atoms with Crippen LogP contribution in [-0.2, 0) is 22.7 Å². The number of carbonyl (C=O) groups is 2. The number of nitrogens with zero attached hydrogens (tertiary/aromatic N) is 2. The minimum atomic E-state index is -0.881. The van der Waals surface area contributed by atoms with E-state index < -0.39 is 11.5 Å². The first kappa shape index (κ1) is 20.4. The number of benzene rings is 2. The lowest BCUT2D eigenvalue weighted by atomic mass is 9.98. The van der Waals surface area contributed by atoms with Gasteiger partial charge in [0.1, 0.15) is 24.7 Å². The Bertz CT molecular complexity index is 996. The molecule has 29 heavy (non-hydrogen) atoms. The van der Waals surface area contributed by atoms with Gasteiger partial charge in [-0.1, -0.05) is 30.3 Å². The van der Waals surface area contributed by atoms with Gasteiger partial charge < -0.3 is 19.7 Å². The summed E-state index contributed by atoms with van der Waals surface area (Å²) >= 11 is 0. The first-order valence-electron chi connectivity index (χ1n) is 9.49. The van der Waals surface area contributed by atoms with E-state index >= 15 is 0 Å². The van der Waals surface area contributed by atoms with Crippen molar-refractivity contribution in [2.24, 2.45) is 0 Å². The van der Waals surface area contributed by atoms with Crippen molar-refractivity contribution in [2.45, 2.75) is 45.4 Å². The SMILES string of the molecule is CC(C)(CCC(=O)O)NC(=O)Cn1c(COc2ccccc2)nc2ccccc21. The number of ether oxygens (including phenoxy) is 1. The fourth-order valence-corrected chi connectivity index (χ4v) is 3.12. The third kappa shape index (κ3) is 5.57. The molecule has 0 aliphatic carbocycles. The third-order valence-corrected chi connectivity index (χ3v) is 4.59. The molecule has 0 aliphatic rings. The maximum atomic E-state index is 12.7. The van der Waals surface area contributed by atoms with Crippen molar-refractivity contribution < 1.29 is 19.4 Å². The molecule has 152 valence electrons. The standard InChI is InChI=1S/C22H25N3O4/c1-22(2,13-12-21(27)28)24-20(26)14-25-18-11-7-6-10-17(18)23-19(25)15-29-16-8-4-3-5-9-16/h3-11H,12-15H2,1-2H3,(H,24,26)(H,27,28). The van der Waals surface area contributed by atoms with Crippen LogP contribution in [0.2, 0.25) is 0 Å². The molecule has 1 aromatic heterocycles. The number of imidazole rings is 1. The molecule has 7 heteroatoms. The molecule has 1 amide bonds. The summed E-state index contributed by atoms with van der Waals surface area (Å²) in [4.78, 5) is 28.1. The Labute approximate surface area is 169 Å². The van der Waals surface area contributed by atoms with Crippen molar-refractivity contribution in [1.29, 1.82) is 0 Å². The van der Waals surface area contributed by atoms with Gasteiger partial charge in [0.25, 0.3) is 0 Å². The number of carbonyl (C=O) groups excluding carboxylic acids is 1. The predicted molar refractivity (Wildman–Crippen MR) is 110 cm³/mol. The number of aromatic nitrogens is 2. The van der Waals surface area contributed by atoms with Crippen molar-refractivity contribution in [3.63, 3.8) is 0 Å². The van der Waals surface area contributed by atoms with Crippen LogP contribution in [0.3, 0.4) is 0 Å². The monoisotopic (exact) mass is 395 g/mol. The summed E-state index contributed by atoms with van der Waals surface area (Å²) in [5.41, 5.74) is 1.02. The number of carboxylic acid groups (broad SMARTS) is 1. The number of para-hydroxylation sites is 3. The van der Waals surface area contributed by atoms with Gasteiger partial charge in [0.2, 0.25) is 5.91 Å². The maximum Gasteiger partial charge on any atom is 0.303 e. The molecule has 3 aromatic rings. The van der Waals surface area contributed by atoms with Gasteiger partial charge in [0.15, 0.2) is 0 Å². The number of amides is 1. The fraction of sp³-hybridized carbons (Fsp3) is 0.318. The Kier molecular flexibility index (Phi) is 6.16. The molecule has 0 radical (unpaired) electrons. The van der Waals surface area contributed by atoms with E-state index in [-0.39, 0.29) is 25.5 Å². The summed E-state index contributed by atoms with van der Waals surface area (Å²) in [6.07, 6.45) is 0.347. The molecular formula is C22H25N3O4. The van der Waals surface area contributed by atoms with Gasteiger partial charge in [0, 0.05) is 12.0 Å². The highest BCUT2D eigenvalue weighted by molar-refractivity contribution is 5.81. The van der Waals surface area contributed by atoms with Crippen LogP contribution in [0.4, 0.5) is 0 Å². The largest absolute Gasteiger partial charge is 0.486 e. The van der Waals surface area contributed by atoms with Crippen LogP contribution in [-0.4, -0.2) is 32.1 Å². The van der Waals surface area contributed by atoms with E-state index in [1.807, 2.05) is 73.0 Å². The number of fused-ring (bicyclic) bond motifs is 1. The van der Waals surface area contributed by atoms with E-state index in [0.717, 1.165) is 16.8 Å². The molecule has 0 saturated carbocycles. The first-order chi connectivity index (χ1) is 13.8. The van der Waals surface area contributed by atoms with E-state index in [9.17, 15) is 9.59 Å². The fourth-order valence-electron chi connectivity index (χ4n) is 3.12. The van der Waals surface area contributed by atoms with Crippen LogP contribution in [0.15, 0.2) is 54.6 Å². The van der Waals surface area contributed by atoms with E-state index in [1.54, 1.807) is 0 Å². The second-order valence-electron chi connectivity index (χ2n) is 7.53. The summed E-state index contributed by atoms with van der Waals surface area (Å²) in [5, 5.41) is 11.8. The zero-order valence-corrected chi connectivity index (χ0v) is 16.6. The molecule has 0 spiro atoms. The molecule has 2 N–H and O–H groups in total. The Morgan fingerprint density at radius 2 is 1.79 bits per heavy atom. The summed E-state index contributed by atoms with van der Waals surface area (Å²) in [7, 11) is 0. The van der Waals surface area contributed by atoms with Gasteiger partial charge in [-0.3, -0.25) is 9.59 Å². The number of hydrogen-bond acceptors (Lipinski definition) is 4. The van der Waals surface area contributed by atoms with Crippen LogP contribution >= 0.6 is 0 Å². The van der Waals surface area contributed by atoms with Gasteiger partial charge in [0.05, 0.1) is 11.0 Å². The molecule has 0 fully saturated rings. The highest BCUT2D eigenvalue weighted by Crippen LogP contribution is 2.19. The van der Waals surface area contributed by atoms with Gasteiger partial charge in [-0.2, -0.15) is 0 Å². The minimum Gasteiger partial charge on any atom is -0.486 e. The van der Waals surface area contributed by atoms with Crippen LogP contribution in [0, 0.1) is 0 Å². The number of rotatable bonds is 9. The normalized spacial score (nSPS) is 11.4. The second kappa shape index (κ2) is 8.77. The lowest BCUT2D eigenvalue weighted by Gasteiger charge is -2.26. The quantitative estimate of drug-likeness (QED) is 0.579. The molecule has 0 atom stereocenters. The number of aliphatic carboxylic acids is 1. The molecule has 0 aliphatic heterocycles. The van der Waals surface area contributed by atoms with Gasteiger partial charge in [-0.15, -0.1) is 0 Å². The smallest absolute Gasteiger partial charge is 0.303 e. The van der Waals surface area contributed by atoms with Crippen molar-refractivity contribution >= 4 is 22.9 Å². The first-order valence-corrected chi connectivity index (χ1v) is 9.49. The lowest BCUT2D eigenvalue weighted by Crippen LogP contribution is -2.45. The highest BCUT2D eigenvalue weighted by Gasteiger charge is 2.23. The lowest BCUT2D eigenvalue weighted by molar-refractivity contribution is -0.137. The Hall–Kier alpha value is -3.35. The zero-order chi connectivity index (χ0) is 20.9. The molecule has 0 unspecified atom stereocenters. The molecule has 7 nitrogen and oxygen atoms in total. The Morgan fingerprint density at radius 3 is 2.52 bits per heavy atom. The van der Waals surface area contributed by atoms with E-state index in [0.29, 0.717) is 12.2 Å². The molecule has 1 heterocycles. The summed E-state index contributed by atoms with van der Waals surface area (Å²) in [6.45, 7) is 3.94. The van der Waals surface area contributed by atoms with Crippen molar-refractivity contribution in [2.75, 3.05) is 0 Å². The third-order valence-electron chi connectivity index (χ3n) is 4.59. The number of nitrogens with one attached hydrogen (secondary N) is 1. The highest BCUT2D eigenvalue weighted by atomic mass is 16.5. The van der Waals surface area contributed by atoms with E-state index in [4.69, 9.17) is 9.84 Å². The Morgan fingerprint density at radius 1 is 1.10 bits per heavy atom. The van der Waals surface area contributed by atoms with Crippen molar-refractivity contribution in [3.8, 4) is 5.75 Å². The van der Waals surface area contributed by atoms with Gasteiger partial charge >= 0.3 is 5.97 Å². The van der Waals surface area contributed by atoms with Crippen LogP contribution < -0.4 is 10.1 Å². The molecule has 0 saturated heterocycles. The maximum absolute atomic E-state index is 12.7. The van der Waals surface area contributed by atoms with Crippen molar-refractivity contribution in [1.82, 2.24) is 14.9 Å². The second-order valence-corrected chi connectivity index (χ2v) is 7.53. The van der Waals surface area contributed by atoms with E-state index in [2.05, 4.69) is 10.3 Å². The molecule has 0 bridgehead atoms. The average Bonchev–Trinajstić information content (AvgIpc) is 3.03. The predicted octanol–water partition coefficient (Wildman–Crippen LogP) is 3.37. The molecular weight excluding hydrogens is 370 g/mol. The van der Waals surface area contributed by atoms with Crippen LogP contribution in [0.1, 0.15) is 32.5 Å². The summed E-state index contributed by atoms with van der Waals surface area (Å²) < 4.78 is 7.66. The zero-order valence-electron chi connectivity index (χ0n) is 16.6. The average molecular weight is 395 g/mol. The number of hydrogen-bond donors (Lipinski definition) is 2. The molecule has 3 rings (SSSR count). The van der Waals surface area contributed by atoms with Gasteiger partial charge in [-0.25, -0.2) is 4.98 Å². The Balaban J connectivity index is 1.76.